The number of aromatic nitrogens is 1. The van der Waals surface area contributed by atoms with Gasteiger partial charge in [0.05, 0.1) is 6.04 Å². The maximum absolute atomic E-state index is 12.3. The quantitative estimate of drug-likeness (QED) is 0.767. The number of carbonyl (C=O) groups excluding carboxylic acids is 1. The molecule has 1 aliphatic rings. The average molecular weight is 266 g/mol. The lowest BCUT2D eigenvalue weighted by Gasteiger charge is -2.34. The highest BCUT2D eigenvalue weighted by Crippen LogP contribution is 2.25. The molecule has 0 N–H and O–H groups in total. The number of benzene rings is 1. The van der Waals surface area contributed by atoms with Crippen molar-refractivity contribution in [3.8, 4) is 0 Å². The number of carbonyl (C=O) groups is 1. The van der Waals surface area contributed by atoms with Gasteiger partial charge in [0.15, 0.2) is 0 Å². The highest BCUT2D eigenvalue weighted by atomic mass is 16.2. The molecular weight excluding hydrogens is 248 g/mol. The molecule has 0 saturated heterocycles. The lowest BCUT2D eigenvalue weighted by Crippen LogP contribution is -2.39. The van der Waals surface area contributed by atoms with E-state index in [9.17, 15) is 4.79 Å². The van der Waals surface area contributed by atoms with Crippen LogP contribution in [0.25, 0.3) is 6.08 Å². The molecule has 20 heavy (non-hydrogen) atoms. The average Bonchev–Trinajstić information content (AvgIpc) is 2.96. The molecule has 2 heterocycles. The zero-order valence-corrected chi connectivity index (χ0v) is 11.6. The Hall–Kier alpha value is -2.29. The van der Waals surface area contributed by atoms with Crippen LogP contribution < -0.4 is 0 Å². The van der Waals surface area contributed by atoms with Crippen LogP contribution in [-0.2, 0) is 11.3 Å². The van der Waals surface area contributed by atoms with Crippen LogP contribution >= 0.6 is 0 Å². The Bertz CT molecular complexity index is 627. The van der Waals surface area contributed by atoms with Gasteiger partial charge < -0.3 is 9.47 Å². The summed E-state index contributed by atoms with van der Waals surface area (Å²) in [7, 11) is 0. The number of hydrogen-bond donors (Lipinski definition) is 0. The minimum atomic E-state index is 0.0776. The van der Waals surface area contributed by atoms with Gasteiger partial charge in [0.2, 0.25) is 5.91 Å². The van der Waals surface area contributed by atoms with E-state index in [4.69, 9.17) is 0 Å². The first-order chi connectivity index (χ1) is 9.75. The highest BCUT2D eigenvalue weighted by molar-refractivity contribution is 5.92. The summed E-state index contributed by atoms with van der Waals surface area (Å²) < 4.78 is 2.22. The Morgan fingerprint density at radius 2 is 1.95 bits per heavy atom. The van der Waals surface area contributed by atoms with Gasteiger partial charge in [-0.3, -0.25) is 4.79 Å². The lowest BCUT2D eigenvalue weighted by molar-refractivity contribution is -0.129. The molecule has 102 valence electrons. The van der Waals surface area contributed by atoms with E-state index in [0.29, 0.717) is 0 Å². The van der Waals surface area contributed by atoms with Crippen LogP contribution in [0.3, 0.4) is 0 Å². The molecule has 2 aromatic rings. The fourth-order valence-electron chi connectivity index (χ4n) is 2.71. The Kier molecular flexibility index (Phi) is 3.42. The van der Waals surface area contributed by atoms with Crippen molar-refractivity contribution in [2.75, 3.05) is 6.54 Å². The molecule has 1 amide bonds. The van der Waals surface area contributed by atoms with E-state index >= 15 is 0 Å². The van der Waals surface area contributed by atoms with Crippen LogP contribution in [0.4, 0.5) is 0 Å². The van der Waals surface area contributed by atoms with Gasteiger partial charge in [-0.05, 0) is 30.7 Å². The van der Waals surface area contributed by atoms with Crippen LogP contribution in [0, 0.1) is 0 Å². The first-order valence-electron chi connectivity index (χ1n) is 6.94. The summed E-state index contributed by atoms with van der Waals surface area (Å²) >= 11 is 0. The number of rotatable bonds is 2. The van der Waals surface area contributed by atoms with Gasteiger partial charge in [-0.2, -0.15) is 0 Å². The summed E-state index contributed by atoms with van der Waals surface area (Å²) in [6.07, 6.45) is 5.63. The van der Waals surface area contributed by atoms with Crippen LogP contribution in [0.5, 0.6) is 0 Å². The van der Waals surface area contributed by atoms with Gasteiger partial charge in [0.25, 0.3) is 0 Å². The van der Waals surface area contributed by atoms with Crippen molar-refractivity contribution >= 4 is 12.0 Å². The maximum atomic E-state index is 12.3. The SMILES string of the molecule is CC1c2cccn2CCN1C(=O)/C=C/c1ccccc1. The number of amides is 1. The van der Waals surface area contributed by atoms with Crippen molar-refractivity contribution in [1.29, 1.82) is 0 Å². The Morgan fingerprint density at radius 1 is 1.15 bits per heavy atom. The van der Waals surface area contributed by atoms with Gasteiger partial charge in [-0.1, -0.05) is 30.3 Å². The van der Waals surface area contributed by atoms with Crippen molar-refractivity contribution in [3.63, 3.8) is 0 Å². The van der Waals surface area contributed by atoms with Crippen LogP contribution in [0.15, 0.2) is 54.7 Å². The van der Waals surface area contributed by atoms with Crippen molar-refractivity contribution in [1.82, 2.24) is 9.47 Å². The van der Waals surface area contributed by atoms with E-state index in [1.54, 1.807) is 6.08 Å². The monoisotopic (exact) mass is 266 g/mol. The topological polar surface area (TPSA) is 25.2 Å². The third kappa shape index (κ3) is 2.39. The predicted molar refractivity (Wildman–Crippen MR) is 80.0 cm³/mol. The van der Waals surface area contributed by atoms with Crippen molar-refractivity contribution in [2.24, 2.45) is 0 Å². The largest absolute Gasteiger partial charge is 0.348 e. The van der Waals surface area contributed by atoms with Gasteiger partial charge in [-0.25, -0.2) is 0 Å². The summed E-state index contributed by atoms with van der Waals surface area (Å²) in [5.41, 5.74) is 2.26. The minimum Gasteiger partial charge on any atom is -0.348 e. The van der Waals surface area contributed by atoms with Crippen molar-refractivity contribution in [2.45, 2.75) is 19.5 Å². The number of fused-ring (bicyclic) bond motifs is 1. The van der Waals surface area contributed by atoms with Crippen LogP contribution in [0.2, 0.25) is 0 Å². The number of nitrogens with zero attached hydrogens (tertiary/aromatic N) is 2. The van der Waals surface area contributed by atoms with E-state index in [0.717, 1.165) is 18.7 Å². The van der Waals surface area contributed by atoms with E-state index in [-0.39, 0.29) is 11.9 Å². The molecule has 0 bridgehead atoms. The van der Waals surface area contributed by atoms with Crippen molar-refractivity contribution in [3.05, 3.63) is 66.0 Å². The van der Waals surface area contributed by atoms with E-state index in [1.165, 1.54) is 5.69 Å². The summed E-state index contributed by atoms with van der Waals surface area (Å²) in [6.45, 7) is 3.72. The normalized spacial score (nSPS) is 18.2. The standard InChI is InChI=1S/C17H18N2O/c1-14-16-8-5-11-18(16)12-13-19(14)17(20)10-9-15-6-3-2-4-7-15/h2-11,14H,12-13H2,1H3/b10-9+. The molecule has 0 radical (unpaired) electrons. The Labute approximate surface area is 119 Å². The first kappa shape index (κ1) is 12.7. The molecule has 3 rings (SSSR count). The molecule has 1 atom stereocenters. The molecule has 0 saturated carbocycles. The molecule has 3 nitrogen and oxygen atoms in total. The molecule has 1 unspecified atom stereocenters. The van der Waals surface area contributed by atoms with E-state index in [2.05, 4.69) is 23.8 Å². The fourth-order valence-corrected chi connectivity index (χ4v) is 2.71. The van der Waals surface area contributed by atoms with E-state index < -0.39 is 0 Å². The van der Waals surface area contributed by atoms with Crippen molar-refractivity contribution < 1.29 is 4.79 Å². The third-order valence-electron chi connectivity index (χ3n) is 3.84. The molecule has 1 aliphatic heterocycles. The molecule has 0 spiro atoms. The van der Waals surface area contributed by atoms with Gasteiger partial charge >= 0.3 is 0 Å². The second-order valence-electron chi connectivity index (χ2n) is 5.08. The second kappa shape index (κ2) is 5.37. The zero-order valence-electron chi connectivity index (χ0n) is 11.6. The molecule has 1 aromatic carbocycles. The fraction of sp³-hybridized carbons (Fsp3) is 0.235. The van der Waals surface area contributed by atoms with Crippen LogP contribution in [-0.4, -0.2) is 21.9 Å². The molecule has 3 heteroatoms. The molecular formula is C17H18N2O. The predicted octanol–water partition coefficient (Wildman–Crippen LogP) is 3.10. The van der Waals surface area contributed by atoms with Gasteiger partial charge in [-0.15, -0.1) is 0 Å². The minimum absolute atomic E-state index is 0.0776. The van der Waals surface area contributed by atoms with Crippen LogP contribution in [0.1, 0.15) is 24.2 Å². The Morgan fingerprint density at radius 3 is 2.75 bits per heavy atom. The third-order valence-corrected chi connectivity index (χ3v) is 3.84. The van der Waals surface area contributed by atoms with E-state index in [1.807, 2.05) is 47.4 Å². The number of hydrogen-bond acceptors (Lipinski definition) is 1. The molecule has 1 aromatic heterocycles. The van der Waals surface area contributed by atoms with Gasteiger partial charge in [0.1, 0.15) is 0 Å². The lowest BCUT2D eigenvalue weighted by atomic mass is 10.1. The zero-order chi connectivity index (χ0) is 13.9. The van der Waals surface area contributed by atoms with Gasteiger partial charge in [0, 0.05) is 31.1 Å². The molecule has 0 fully saturated rings. The first-order valence-corrected chi connectivity index (χ1v) is 6.94. The summed E-state index contributed by atoms with van der Waals surface area (Å²) in [4.78, 5) is 14.3. The summed E-state index contributed by atoms with van der Waals surface area (Å²) in [5, 5.41) is 0. The second-order valence-corrected chi connectivity index (χ2v) is 5.08. The highest BCUT2D eigenvalue weighted by Gasteiger charge is 2.25. The Balaban J connectivity index is 1.74. The smallest absolute Gasteiger partial charge is 0.247 e. The molecule has 0 aliphatic carbocycles. The summed E-state index contributed by atoms with van der Waals surface area (Å²) in [5.74, 6) is 0.0776. The maximum Gasteiger partial charge on any atom is 0.247 e. The summed E-state index contributed by atoms with van der Waals surface area (Å²) in [6, 6.07) is 14.2.